The predicted octanol–water partition coefficient (Wildman–Crippen LogP) is 1.54. The van der Waals surface area contributed by atoms with Gasteiger partial charge >= 0.3 is 5.69 Å². The first kappa shape index (κ1) is 18.0. The van der Waals surface area contributed by atoms with Crippen LogP contribution in [-0.4, -0.2) is 35.5 Å². The van der Waals surface area contributed by atoms with Crippen LogP contribution < -0.4 is 11.0 Å². The van der Waals surface area contributed by atoms with Gasteiger partial charge in [0.2, 0.25) is 5.91 Å². The summed E-state index contributed by atoms with van der Waals surface area (Å²) in [7, 11) is 1.93. The minimum atomic E-state index is -0.798. The number of carbonyl (C=O) groups is 2. The van der Waals surface area contributed by atoms with Crippen molar-refractivity contribution in [2.24, 2.45) is 7.05 Å². The van der Waals surface area contributed by atoms with Crippen molar-refractivity contribution >= 4 is 17.5 Å². The van der Waals surface area contributed by atoms with Crippen LogP contribution in [0.5, 0.6) is 0 Å². The van der Waals surface area contributed by atoms with Gasteiger partial charge in [-0.05, 0) is 18.6 Å². The lowest BCUT2D eigenvalue weighted by molar-refractivity contribution is -0.136. The van der Waals surface area contributed by atoms with Gasteiger partial charge in [-0.1, -0.05) is 30.3 Å². The third-order valence-electron chi connectivity index (χ3n) is 5.31. The molecule has 1 N–H and O–H groups in total. The molecule has 30 heavy (non-hydrogen) atoms. The smallest absolute Gasteiger partial charge is 0.333 e. The fourth-order valence-electron chi connectivity index (χ4n) is 3.83. The molecule has 0 aliphatic carbocycles. The van der Waals surface area contributed by atoms with Crippen molar-refractivity contribution in [1.82, 2.24) is 29.0 Å². The van der Waals surface area contributed by atoms with Gasteiger partial charge < -0.3 is 4.57 Å². The molecule has 2 amide bonds. The molecule has 1 fully saturated rings. The zero-order valence-corrected chi connectivity index (χ0v) is 16.1. The van der Waals surface area contributed by atoms with E-state index >= 15 is 0 Å². The van der Waals surface area contributed by atoms with Crippen LogP contribution in [0.25, 0.3) is 28.2 Å². The normalized spacial score (nSPS) is 16.8. The second-order valence-electron chi connectivity index (χ2n) is 7.26. The van der Waals surface area contributed by atoms with Crippen LogP contribution in [0.1, 0.15) is 18.9 Å². The topological polar surface area (TPSA) is 103 Å². The van der Waals surface area contributed by atoms with E-state index in [2.05, 4.69) is 15.4 Å². The second-order valence-corrected chi connectivity index (χ2v) is 7.26. The Hall–Kier alpha value is -4.01. The molecule has 1 aromatic carbocycles. The van der Waals surface area contributed by atoms with E-state index in [1.807, 2.05) is 41.9 Å². The number of imidazole rings is 1. The minimum Gasteiger partial charge on any atom is -0.333 e. The average Bonchev–Trinajstić information content (AvgIpc) is 3.28. The zero-order valence-electron chi connectivity index (χ0n) is 16.1. The molecular weight excluding hydrogens is 384 g/mol. The highest BCUT2D eigenvalue weighted by molar-refractivity contribution is 5.99. The summed E-state index contributed by atoms with van der Waals surface area (Å²) in [6.45, 7) is 0. The Labute approximate surface area is 170 Å². The Bertz CT molecular complexity index is 1350. The van der Waals surface area contributed by atoms with Crippen LogP contribution in [0.3, 0.4) is 0 Å². The number of fused-ring (bicyclic) bond motifs is 1. The number of benzene rings is 1. The van der Waals surface area contributed by atoms with E-state index in [4.69, 9.17) is 0 Å². The number of carbonyl (C=O) groups excluding carboxylic acids is 2. The summed E-state index contributed by atoms with van der Waals surface area (Å²) in [5, 5.41) is 6.63. The maximum atomic E-state index is 12.8. The summed E-state index contributed by atoms with van der Waals surface area (Å²) >= 11 is 0. The van der Waals surface area contributed by atoms with Crippen molar-refractivity contribution in [2.75, 3.05) is 0 Å². The predicted molar refractivity (Wildman–Crippen MR) is 109 cm³/mol. The molecule has 0 spiro atoms. The lowest BCUT2D eigenvalue weighted by Crippen LogP contribution is -2.44. The molecule has 1 aliphatic heterocycles. The van der Waals surface area contributed by atoms with E-state index in [0.29, 0.717) is 5.65 Å². The number of pyridine rings is 1. The van der Waals surface area contributed by atoms with E-state index in [0.717, 1.165) is 27.2 Å². The van der Waals surface area contributed by atoms with Crippen LogP contribution in [0.2, 0.25) is 0 Å². The largest absolute Gasteiger partial charge is 0.351 e. The van der Waals surface area contributed by atoms with Crippen molar-refractivity contribution in [2.45, 2.75) is 18.9 Å². The number of hydrogen-bond acceptors (Lipinski definition) is 5. The Morgan fingerprint density at radius 1 is 1.07 bits per heavy atom. The van der Waals surface area contributed by atoms with Crippen molar-refractivity contribution in [3.05, 3.63) is 65.5 Å². The molecule has 1 atom stereocenters. The molecule has 9 heteroatoms. The molecule has 4 heterocycles. The zero-order chi connectivity index (χ0) is 20.8. The standard InChI is InChI=1S/C21H18N6O3/c1-25-12-22-18(19(25)13-5-3-2-4-6-13)14-9-10-26-16(11-14)24-27(21(26)30)15-7-8-17(28)23-20(15)29/h2-6,9-12,15H,7-8H2,1H3,(H,23,28,29). The summed E-state index contributed by atoms with van der Waals surface area (Å²) in [6.07, 6.45) is 3.80. The molecule has 1 aliphatic rings. The first-order chi connectivity index (χ1) is 14.5. The van der Waals surface area contributed by atoms with Gasteiger partial charge in [-0.3, -0.25) is 19.3 Å². The number of aromatic nitrogens is 5. The SMILES string of the molecule is Cn1cnc(-c2ccn3c(=O)n(C4CCC(=O)NC4=O)nc3c2)c1-c1ccccc1. The number of amides is 2. The van der Waals surface area contributed by atoms with Crippen molar-refractivity contribution in [3.8, 4) is 22.5 Å². The van der Waals surface area contributed by atoms with E-state index in [9.17, 15) is 14.4 Å². The first-order valence-corrected chi connectivity index (χ1v) is 9.54. The number of hydrogen-bond donors (Lipinski definition) is 1. The van der Waals surface area contributed by atoms with Crippen LogP contribution in [0.15, 0.2) is 59.8 Å². The van der Waals surface area contributed by atoms with Crippen molar-refractivity contribution in [3.63, 3.8) is 0 Å². The Balaban J connectivity index is 1.60. The molecule has 5 rings (SSSR count). The van der Waals surface area contributed by atoms with Gasteiger partial charge in [-0.25, -0.2) is 9.78 Å². The van der Waals surface area contributed by atoms with E-state index in [1.54, 1.807) is 24.7 Å². The molecule has 150 valence electrons. The molecule has 0 bridgehead atoms. The molecular formula is C21H18N6O3. The van der Waals surface area contributed by atoms with Gasteiger partial charge in [0.15, 0.2) is 5.65 Å². The molecule has 9 nitrogen and oxygen atoms in total. The molecule has 0 radical (unpaired) electrons. The lowest BCUT2D eigenvalue weighted by Gasteiger charge is -2.19. The Kier molecular flexibility index (Phi) is 4.09. The second kappa shape index (κ2) is 6.80. The van der Waals surface area contributed by atoms with Gasteiger partial charge in [0.05, 0.1) is 17.7 Å². The highest BCUT2D eigenvalue weighted by Crippen LogP contribution is 2.30. The fourth-order valence-corrected chi connectivity index (χ4v) is 3.83. The highest BCUT2D eigenvalue weighted by Gasteiger charge is 2.31. The van der Waals surface area contributed by atoms with Crippen molar-refractivity contribution in [1.29, 1.82) is 0 Å². The summed E-state index contributed by atoms with van der Waals surface area (Å²) in [4.78, 5) is 40.9. The number of aryl methyl sites for hydroxylation is 1. The monoisotopic (exact) mass is 402 g/mol. The summed E-state index contributed by atoms with van der Waals surface area (Å²) in [5.74, 6) is -0.841. The summed E-state index contributed by atoms with van der Waals surface area (Å²) < 4.78 is 4.48. The van der Waals surface area contributed by atoms with E-state index in [-0.39, 0.29) is 18.7 Å². The lowest BCUT2D eigenvalue weighted by atomic mass is 10.1. The highest BCUT2D eigenvalue weighted by atomic mass is 16.2. The summed E-state index contributed by atoms with van der Waals surface area (Å²) in [5.41, 5.74) is 3.55. The van der Waals surface area contributed by atoms with Crippen LogP contribution >= 0.6 is 0 Å². The molecule has 3 aromatic heterocycles. The Morgan fingerprint density at radius 2 is 1.87 bits per heavy atom. The van der Waals surface area contributed by atoms with Gasteiger partial charge in [-0.15, -0.1) is 5.10 Å². The van der Waals surface area contributed by atoms with Crippen LogP contribution in [0.4, 0.5) is 0 Å². The van der Waals surface area contributed by atoms with Gasteiger partial charge in [-0.2, -0.15) is 4.68 Å². The number of rotatable bonds is 3. The van der Waals surface area contributed by atoms with Crippen molar-refractivity contribution < 1.29 is 9.59 Å². The number of nitrogens with one attached hydrogen (secondary N) is 1. The van der Waals surface area contributed by atoms with E-state index in [1.165, 1.54) is 4.40 Å². The average molecular weight is 402 g/mol. The van der Waals surface area contributed by atoms with Crippen LogP contribution in [-0.2, 0) is 16.6 Å². The first-order valence-electron chi connectivity index (χ1n) is 9.54. The fraction of sp³-hybridized carbons (Fsp3) is 0.190. The van der Waals surface area contributed by atoms with E-state index < -0.39 is 17.6 Å². The minimum absolute atomic E-state index is 0.177. The molecule has 1 unspecified atom stereocenters. The maximum absolute atomic E-state index is 12.8. The number of piperidine rings is 1. The third kappa shape index (κ3) is 2.83. The molecule has 1 saturated heterocycles. The number of nitrogens with zero attached hydrogens (tertiary/aromatic N) is 5. The third-order valence-corrected chi connectivity index (χ3v) is 5.31. The quantitative estimate of drug-likeness (QED) is 0.524. The molecule has 0 saturated carbocycles. The van der Waals surface area contributed by atoms with Gasteiger partial charge in [0.1, 0.15) is 6.04 Å². The van der Waals surface area contributed by atoms with Gasteiger partial charge in [0, 0.05) is 30.8 Å². The Morgan fingerprint density at radius 3 is 2.63 bits per heavy atom. The van der Waals surface area contributed by atoms with Gasteiger partial charge in [0.25, 0.3) is 5.91 Å². The number of imide groups is 1. The maximum Gasteiger partial charge on any atom is 0.351 e. The molecule has 4 aromatic rings. The van der Waals surface area contributed by atoms with Crippen LogP contribution in [0, 0.1) is 0 Å². The summed E-state index contributed by atoms with van der Waals surface area (Å²) in [6, 6.07) is 12.7.